The Morgan fingerprint density at radius 2 is 2.32 bits per heavy atom. The Labute approximate surface area is 190 Å². The van der Waals surface area contributed by atoms with Crippen molar-refractivity contribution in [3.05, 3.63) is 65.7 Å². The predicted octanol–water partition coefficient (Wildman–Crippen LogP) is 2.88. The summed E-state index contributed by atoms with van der Waals surface area (Å²) in [5, 5.41) is 17.5. The number of allylic oxidation sites excluding steroid dienone is 2. The summed E-state index contributed by atoms with van der Waals surface area (Å²) < 4.78 is 0. The van der Waals surface area contributed by atoms with E-state index in [1.807, 2.05) is 23.9 Å². The van der Waals surface area contributed by atoms with E-state index in [-0.39, 0.29) is 22.2 Å². The van der Waals surface area contributed by atoms with Crippen LogP contribution in [0.1, 0.15) is 30.9 Å². The van der Waals surface area contributed by atoms with Gasteiger partial charge < -0.3 is 15.5 Å². The molecule has 4 heterocycles. The van der Waals surface area contributed by atoms with E-state index >= 15 is 0 Å². The molecule has 4 bridgehead atoms. The Hall–Kier alpha value is -2.22. The molecule has 0 saturated carbocycles. The Balaban J connectivity index is 1.47. The van der Waals surface area contributed by atoms with Crippen molar-refractivity contribution < 1.29 is 4.79 Å². The van der Waals surface area contributed by atoms with E-state index in [9.17, 15) is 10.1 Å². The first-order chi connectivity index (χ1) is 14.8. The van der Waals surface area contributed by atoms with Gasteiger partial charge in [0.15, 0.2) is 0 Å². The second-order valence-corrected chi connectivity index (χ2v) is 11.2. The van der Waals surface area contributed by atoms with E-state index in [0.717, 1.165) is 47.4 Å². The predicted molar refractivity (Wildman–Crippen MR) is 128 cm³/mol. The minimum Gasteiger partial charge on any atom is -0.388 e. The number of nitriles is 1. The molecule has 1 spiro atoms. The molecule has 5 nitrogen and oxygen atoms in total. The molecule has 3 saturated heterocycles. The number of carbonyl (C=O) groups excluding carboxylic acids is 1. The normalized spacial score (nSPS) is 33.6. The van der Waals surface area contributed by atoms with Crippen molar-refractivity contribution in [2.24, 2.45) is 11.3 Å². The molecule has 3 fully saturated rings. The zero-order chi connectivity index (χ0) is 22.0. The van der Waals surface area contributed by atoms with Crippen LogP contribution in [0, 0.1) is 22.7 Å². The molecule has 0 aliphatic carbocycles. The molecule has 2 N–H and O–H groups in total. The van der Waals surface area contributed by atoms with Gasteiger partial charge in [0.05, 0.1) is 12.5 Å². The molecule has 5 rings (SSSR count). The fourth-order valence-corrected chi connectivity index (χ4v) is 7.93. The van der Waals surface area contributed by atoms with Crippen molar-refractivity contribution in [2.75, 3.05) is 12.3 Å². The van der Waals surface area contributed by atoms with Crippen molar-refractivity contribution in [1.29, 1.82) is 5.26 Å². The second kappa shape index (κ2) is 7.15. The lowest BCUT2D eigenvalue weighted by Crippen LogP contribution is -2.52. The van der Waals surface area contributed by atoms with Gasteiger partial charge in [-0.25, -0.2) is 0 Å². The fraction of sp³-hybridized carbons (Fsp3) is 0.417. The molecular formula is C24H27N4OPS. The van der Waals surface area contributed by atoms with Crippen LogP contribution < -0.4 is 15.9 Å². The van der Waals surface area contributed by atoms with Crippen LogP contribution in [0.4, 0.5) is 0 Å². The summed E-state index contributed by atoms with van der Waals surface area (Å²) in [6, 6.07) is 8.52. The number of nitrogens with one attached hydrogen (secondary N) is 2. The maximum Gasteiger partial charge on any atom is 0.228 e. The van der Waals surface area contributed by atoms with E-state index < -0.39 is 0 Å². The standard InChI is InChI=1S/C24H27N4OPS/c1-14(27-18(12-25)11-23(3)6-7-26-15(23)2)22-17-10-24(31-13-17)19-8-16(4-5-20(19)30)9-21(29)28(22)24/h4-5,8,11,17,22,26-27H,1-2,6-7,9-10,13,30H2,3H3/b18-11+/t17-,22-,23+,24+/m1/s1. The molecule has 1 amide bonds. The summed E-state index contributed by atoms with van der Waals surface area (Å²) in [6.07, 6.45) is 4.17. The van der Waals surface area contributed by atoms with Crippen molar-refractivity contribution in [2.45, 2.75) is 37.1 Å². The van der Waals surface area contributed by atoms with Gasteiger partial charge >= 0.3 is 0 Å². The third kappa shape index (κ3) is 3.05. The van der Waals surface area contributed by atoms with Crippen molar-refractivity contribution >= 4 is 32.2 Å². The summed E-state index contributed by atoms with van der Waals surface area (Å²) in [5.41, 5.74) is 4.15. The van der Waals surface area contributed by atoms with Crippen LogP contribution in [0.25, 0.3) is 0 Å². The minimum atomic E-state index is -0.340. The number of hydrogen-bond acceptors (Lipinski definition) is 5. The molecule has 0 aromatic heterocycles. The smallest absolute Gasteiger partial charge is 0.228 e. The molecule has 1 aromatic rings. The van der Waals surface area contributed by atoms with E-state index in [4.69, 9.17) is 0 Å². The number of benzene rings is 1. The van der Waals surface area contributed by atoms with Crippen LogP contribution in [-0.2, 0) is 16.1 Å². The Morgan fingerprint density at radius 3 is 3.03 bits per heavy atom. The molecule has 4 aliphatic rings. The third-order valence-electron chi connectivity index (χ3n) is 7.26. The topological polar surface area (TPSA) is 68.2 Å². The van der Waals surface area contributed by atoms with Crippen LogP contribution >= 0.6 is 21.0 Å². The van der Waals surface area contributed by atoms with E-state index in [2.05, 4.69) is 63.1 Å². The number of amides is 1. The van der Waals surface area contributed by atoms with Gasteiger partial charge in [0.2, 0.25) is 5.91 Å². The summed E-state index contributed by atoms with van der Waals surface area (Å²) >= 11 is 1.87. The van der Waals surface area contributed by atoms with Crippen LogP contribution in [0.2, 0.25) is 0 Å². The van der Waals surface area contributed by atoms with Gasteiger partial charge in [-0.1, -0.05) is 38.3 Å². The number of nitrogens with zero attached hydrogens (tertiary/aromatic N) is 2. The number of carbonyl (C=O) groups is 1. The maximum absolute atomic E-state index is 13.4. The van der Waals surface area contributed by atoms with Gasteiger partial charge in [-0.15, -0.1) is 21.0 Å². The minimum absolute atomic E-state index is 0.123. The number of fused-ring (bicyclic) bond motifs is 3. The van der Waals surface area contributed by atoms with E-state index in [1.54, 1.807) is 0 Å². The number of rotatable bonds is 4. The van der Waals surface area contributed by atoms with Crippen LogP contribution in [-0.4, -0.2) is 29.1 Å². The summed E-state index contributed by atoms with van der Waals surface area (Å²) in [5.74, 6) is 1.43. The first-order valence-corrected chi connectivity index (χ1v) is 12.2. The average Bonchev–Trinajstić information content (AvgIpc) is 3.39. The third-order valence-corrected chi connectivity index (χ3v) is 9.42. The Bertz CT molecular complexity index is 1090. The average molecular weight is 451 g/mol. The fourth-order valence-electron chi connectivity index (χ4n) is 5.60. The molecule has 0 radical (unpaired) electrons. The zero-order valence-electron chi connectivity index (χ0n) is 17.7. The highest BCUT2D eigenvalue weighted by atomic mass is 32.2. The molecule has 160 valence electrons. The maximum atomic E-state index is 13.4. The van der Waals surface area contributed by atoms with Gasteiger partial charge in [-0.3, -0.25) is 4.79 Å². The van der Waals surface area contributed by atoms with Gasteiger partial charge in [0, 0.05) is 29.1 Å². The number of thioether (sulfide) groups is 1. The molecule has 31 heavy (non-hydrogen) atoms. The largest absolute Gasteiger partial charge is 0.388 e. The Morgan fingerprint density at radius 1 is 1.52 bits per heavy atom. The van der Waals surface area contributed by atoms with Crippen molar-refractivity contribution in [3.63, 3.8) is 0 Å². The first kappa shape index (κ1) is 20.7. The summed E-state index contributed by atoms with van der Waals surface area (Å²) in [4.78, 5) is 15.1. The lowest BCUT2D eigenvalue weighted by atomic mass is 9.86. The SMILES string of the molecule is C=C(N/C(C#N)=C/[C@]1(C)CCNC1=C)[C@@H]1[C@H]2CS[C@@]3(C2)c2cc(ccc2P)CC(=O)N13. The molecular weight excluding hydrogens is 423 g/mol. The highest BCUT2D eigenvalue weighted by Gasteiger charge is 2.61. The summed E-state index contributed by atoms with van der Waals surface area (Å²) in [6.45, 7) is 11.4. The van der Waals surface area contributed by atoms with Crippen LogP contribution in [0.5, 0.6) is 0 Å². The van der Waals surface area contributed by atoms with Crippen molar-refractivity contribution in [3.8, 4) is 6.07 Å². The van der Waals surface area contributed by atoms with Crippen LogP contribution in [0.3, 0.4) is 0 Å². The Kier molecular flexibility index (Phi) is 4.77. The molecule has 4 aliphatic heterocycles. The quantitative estimate of drug-likeness (QED) is 0.546. The molecule has 1 aromatic carbocycles. The van der Waals surface area contributed by atoms with Gasteiger partial charge in [0.1, 0.15) is 16.6 Å². The monoisotopic (exact) mass is 450 g/mol. The molecule has 7 heteroatoms. The molecule has 5 atom stereocenters. The number of hydrogen-bond donors (Lipinski definition) is 2. The van der Waals surface area contributed by atoms with E-state index in [0.29, 0.717) is 18.0 Å². The van der Waals surface area contributed by atoms with Gasteiger partial charge in [-0.05, 0) is 41.3 Å². The highest BCUT2D eigenvalue weighted by molar-refractivity contribution is 8.00. The van der Waals surface area contributed by atoms with E-state index in [1.165, 1.54) is 5.56 Å². The molecule has 1 unspecified atom stereocenters. The first-order valence-electron chi connectivity index (χ1n) is 10.6. The van der Waals surface area contributed by atoms with Crippen LogP contribution in [0.15, 0.2) is 54.5 Å². The van der Waals surface area contributed by atoms with Gasteiger partial charge in [-0.2, -0.15) is 5.26 Å². The summed E-state index contributed by atoms with van der Waals surface area (Å²) in [7, 11) is 2.84. The lowest BCUT2D eigenvalue weighted by molar-refractivity contribution is -0.134. The highest BCUT2D eigenvalue weighted by Crippen LogP contribution is 2.61. The lowest BCUT2D eigenvalue weighted by Gasteiger charge is -2.43. The zero-order valence-corrected chi connectivity index (χ0v) is 19.7. The van der Waals surface area contributed by atoms with Gasteiger partial charge in [0.25, 0.3) is 0 Å². The second-order valence-electron chi connectivity index (χ2n) is 9.26. The van der Waals surface area contributed by atoms with Crippen molar-refractivity contribution in [1.82, 2.24) is 15.5 Å².